The fraction of sp³-hybridized carbons (Fsp3) is 0.235. The second-order valence-electron chi connectivity index (χ2n) is 5.70. The Morgan fingerprint density at radius 3 is 2.82 bits per heavy atom. The van der Waals surface area contributed by atoms with Crippen molar-refractivity contribution in [1.29, 1.82) is 0 Å². The highest BCUT2D eigenvalue weighted by Crippen LogP contribution is 2.54. The second-order valence-corrected chi connectivity index (χ2v) is 6.90. The van der Waals surface area contributed by atoms with Gasteiger partial charge in [-0.3, -0.25) is 4.98 Å². The number of aromatic nitrogens is 1. The third-order valence-electron chi connectivity index (χ3n) is 4.53. The molecule has 2 aliphatic rings. The molecule has 112 valence electrons. The SMILES string of the molecule is Clc1cc(Cl)c2c(c1Cl)[C@@H]1C=CC[C@@H]1[C@H](c1cccnc1)N2. The van der Waals surface area contributed by atoms with Gasteiger partial charge in [0.2, 0.25) is 0 Å². The molecule has 0 radical (unpaired) electrons. The van der Waals surface area contributed by atoms with Crippen LogP contribution in [0.3, 0.4) is 0 Å². The second kappa shape index (κ2) is 5.45. The van der Waals surface area contributed by atoms with Gasteiger partial charge in [0.05, 0.1) is 26.8 Å². The lowest BCUT2D eigenvalue weighted by Crippen LogP contribution is -2.29. The number of nitrogens with zero attached hydrogens (tertiary/aromatic N) is 1. The van der Waals surface area contributed by atoms with Gasteiger partial charge in [0.15, 0.2) is 0 Å². The predicted octanol–water partition coefficient (Wildman–Crippen LogP) is 5.87. The maximum absolute atomic E-state index is 6.47. The number of pyridine rings is 1. The van der Waals surface area contributed by atoms with Gasteiger partial charge < -0.3 is 5.32 Å². The maximum Gasteiger partial charge on any atom is 0.0656 e. The molecular weight excluding hydrogens is 339 g/mol. The summed E-state index contributed by atoms with van der Waals surface area (Å²) < 4.78 is 0. The van der Waals surface area contributed by atoms with Gasteiger partial charge in [0.1, 0.15) is 0 Å². The normalized spacial score (nSPS) is 25.5. The molecular formula is C17H13Cl3N2. The predicted molar refractivity (Wildman–Crippen MR) is 92.1 cm³/mol. The first-order valence-corrected chi connectivity index (χ1v) is 8.30. The van der Waals surface area contributed by atoms with Crippen molar-refractivity contribution in [3.63, 3.8) is 0 Å². The van der Waals surface area contributed by atoms with Gasteiger partial charge in [-0.15, -0.1) is 0 Å². The Bertz CT molecular complexity index is 758. The number of allylic oxidation sites excluding steroid dienone is 2. The average molecular weight is 352 g/mol. The van der Waals surface area contributed by atoms with E-state index in [2.05, 4.69) is 28.5 Å². The molecule has 0 bridgehead atoms. The molecule has 0 spiro atoms. The largest absolute Gasteiger partial charge is 0.376 e. The topological polar surface area (TPSA) is 24.9 Å². The average Bonchev–Trinajstić information content (AvgIpc) is 3.01. The minimum absolute atomic E-state index is 0.163. The summed E-state index contributed by atoms with van der Waals surface area (Å²) in [7, 11) is 0. The zero-order valence-electron chi connectivity index (χ0n) is 11.6. The van der Waals surface area contributed by atoms with E-state index in [9.17, 15) is 0 Å². The molecule has 22 heavy (non-hydrogen) atoms. The number of hydrogen-bond acceptors (Lipinski definition) is 2. The van der Waals surface area contributed by atoms with Crippen molar-refractivity contribution in [3.8, 4) is 0 Å². The van der Waals surface area contributed by atoms with Crippen LogP contribution in [-0.4, -0.2) is 4.98 Å². The van der Waals surface area contributed by atoms with Crippen molar-refractivity contribution in [1.82, 2.24) is 4.98 Å². The molecule has 2 aromatic rings. The van der Waals surface area contributed by atoms with Gasteiger partial charge in [-0.1, -0.05) is 53.0 Å². The molecule has 1 aliphatic heterocycles. The molecule has 1 aromatic heterocycles. The Labute approximate surface area is 144 Å². The van der Waals surface area contributed by atoms with E-state index in [4.69, 9.17) is 34.8 Å². The fourth-order valence-corrected chi connectivity index (χ4v) is 4.36. The first kappa shape index (κ1) is 14.4. The van der Waals surface area contributed by atoms with Crippen LogP contribution in [-0.2, 0) is 0 Å². The summed E-state index contributed by atoms with van der Waals surface area (Å²) in [6, 6.07) is 5.92. The quantitative estimate of drug-likeness (QED) is 0.513. The third-order valence-corrected chi connectivity index (χ3v) is 5.63. The van der Waals surface area contributed by atoms with Crippen LogP contribution in [0.2, 0.25) is 15.1 Å². The van der Waals surface area contributed by atoms with E-state index in [0.717, 1.165) is 23.2 Å². The lowest BCUT2D eigenvalue weighted by Gasteiger charge is -2.38. The molecule has 1 N–H and O–H groups in total. The molecule has 0 fully saturated rings. The van der Waals surface area contributed by atoms with Crippen LogP contribution >= 0.6 is 34.8 Å². The fourth-order valence-electron chi connectivity index (χ4n) is 3.55. The summed E-state index contributed by atoms with van der Waals surface area (Å²) in [6.45, 7) is 0. The zero-order valence-corrected chi connectivity index (χ0v) is 13.8. The number of hydrogen-bond donors (Lipinski definition) is 1. The molecule has 2 heterocycles. The molecule has 3 atom stereocenters. The number of nitrogens with one attached hydrogen (secondary N) is 1. The molecule has 0 saturated heterocycles. The minimum atomic E-state index is 0.163. The summed E-state index contributed by atoms with van der Waals surface area (Å²) >= 11 is 19.1. The number of anilines is 1. The van der Waals surface area contributed by atoms with Crippen molar-refractivity contribution in [3.05, 3.63) is 68.9 Å². The summed E-state index contributed by atoms with van der Waals surface area (Å²) in [6.07, 6.45) is 9.11. The molecule has 0 unspecified atom stereocenters. The van der Waals surface area contributed by atoms with Crippen LogP contribution in [0.4, 0.5) is 5.69 Å². The first-order valence-electron chi connectivity index (χ1n) is 7.17. The van der Waals surface area contributed by atoms with E-state index in [1.54, 1.807) is 12.3 Å². The van der Waals surface area contributed by atoms with Crippen molar-refractivity contribution in [2.75, 3.05) is 5.32 Å². The molecule has 0 amide bonds. The number of halogens is 3. The van der Waals surface area contributed by atoms with Crippen LogP contribution in [0.15, 0.2) is 42.7 Å². The summed E-state index contributed by atoms with van der Waals surface area (Å²) in [5, 5.41) is 5.28. The monoisotopic (exact) mass is 350 g/mol. The van der Waals surface area contributed by atoms with E-state index in [1.807, 2.05) is 12.3 Å². The van der Waals surface area contributed by atoms with E-state index in [1.165, 1.54) is 0 Å². The van der Waals surface area contributed by atoms with E-state index in [-0.39, 0.29) is 12.0 Å². The van der Waals surface area contributed by atoms with E-state index in [0.29, 0.717) is 21.0 Å². The zero-order chi connectivity index (χ0) is 15.3. The smallest absolute Gasteiger partial charge is 0.0656 e. The van der Waals surface area contributed by atoms with Gasteiger partial charge >= 0.3 is 0 Å². The van der Waals surface area contributed by atoms with Crippen molar-refractivity contribution in [2.24, 2.45) is 5.92 Å². The van der Waals surface area contributed by atoms with Crippen LogP contribution in [0.1, 0.15) is 29.5 Å². The highest BCUT2D eigenvalue weighted by atomic mass is 35.5. The van der Waals surface area contributed by atoms with Gasteiger partial charge in [0.25, 0.3) is 0 Å². The van der Waals surface area contributed by atoms with Gasteiger partial charge in [-0.05, 0) is 30.0 Å². The molecule has 2 nitrogen and oxygen atoms in total. The van der Waals surface area contributed by atoms with Crippen LogP contribution in [0, 0.1) is 5.92 Å². The van der Waals surface area contributed by atoms with Gasteiger partial charge in [-0.25, -0.2) is 0 Å². The number of benzene rings is 1. The Morgan fingerprint density at radius 1 is 1.18 bits per heavy atom. The molecule has 1 aromatic carbocycles. The Hall–Kier alpha value is -1.22. The minimum Gasteiger partial charge on any atom is -0.376 e. The maximum atomic E-state index is 6.47. The summed E-state index contributed by atoms with van der Waals surface area (Å²) in [5.74, 6) is 0.619. The van der Waals surface area contributed by atoms with E-state index < -0.39 is 0 Å². The highest BCUT2D eigenvalue weighted by Gasteiger charge is 2.40. The number of rotatable bonds is 1. The summed E-state index contributed by atoms with van der Waals surface area (Å²) in [4.78, 5) is 4.24. The lowest BCUT2D eigenvalue weighted by atomic mass is 9.77. The van der Waals surface area contributed by atoms with E-state index >= 15 is 0 Å². The van der Waals surface area contributed by atoms with Crippen molar-refractivity contribution in [2.45, 2.75) is 18.4 Å². The van der Waals surface area contributed by atoms with Gasteiger partial charge in [0, 0.05) is 23.9 Å². The molecule has 4 rings (SSSR count). The van der Waals surface area contributed by atoms with Crippen LogP contribution in [0.5, 0.6) is 0 Å². The summed E-state index contributed by atoms with van der Waals surface area (Å²) in [5.41, 5.74) is 3.06. The third kappa shape index (κ3) is 2.13. The van der Waals surface area contributed by atoms with Crippen LogP contribution in [0.25, 0.3) is 0 Å². The lowest BCUT2D eigenvalue weighted by molar-refractivity contribution is 0.425. The van der Waals surface area contributed by atoms with Gasteiger partial charge in [-0.2, -0.15) is 0 Å². The van der Waals surface area contributed by atoms with Crippen molar-refractivity contribution < 1.29 is 0 Å². The Balaban J connectivity index is 1.88. The van der Waals surface area contributed by atoms with Crippen LogP contribution < -0.4 is 5.32 Å². The Morgan fingerprint density at radius 2 is 2.05 bits per heavy atom. The molecule has 5 heteroatoms. The molecule has 1 aliphatic carbocycles. The first-order chi connectivity index (χ1) is 10.7. The number of fused-ring (bicyclic) bond motifs is 3. The standard InChI is InChI=1S/C17H13Cl3N2/c18-12-7-13(19)17-14(15(12)20)10-4-1-5-11(10)16(22-17)9-3-2-6-21-8-9/h1-4,6-8,10-11,16,22H,5H2/t10-,11+,16+/m1/s1. The van der Waals surface area contributed by atoms with Crippen molar-refractivity contribution >= 4 is 40.5 Å². The molecule has 0 saturated carbocycles. The Kier molecular flexibility index (Phi) is 3.56. The highest BCUT2D eigenvalue weighted by molar-refractivity contribution is 6.44.